The molecule has 0 bridgehead atoms. The Morgan fingerprint density at radius 3 is 2.74 bits per heavy atom. The number of benzene rings is 1. The molecule has 0 radical (unpaired) electrons. The SMILES string of the molecule is COc1ccc(NC(=O)c2ccnc(F)c2)cc1C. The Hall–Kier alpha value is -2.43. The lowest BCUT2D eigenvalue weighted by Gasteiger charge is -2.09. The van der Waals surface area contributed by atoms with Gasteiger partial charge in [-0.2, -0.15) is 4.39 Å². The van der Waals surface area contributed by atoms with Crippen LogP contribution in [0.25, 0.3) is 0 Å². The van der Waals surface area contributed by atoms with Crippen LogP contribution < -0.4 is 10.1 Å². The number of rotatable bonds is 3. The van der Waals surface area contributed by atoms with Crippen molar-refractivity contribution in [3.63, 3.8) is 0 Å². The van der Waals surface area contributed by atoms with Crippen LogP contribution in [0.15, 0.2) is 36.5 Å². The van der Waals surface area contributed by atoms with Gasteiger partial charge in [-0.05, 0) is 36.8 Å². The summed E-state index contributed by atoms with van der Waals surface area (Å²) in [5.41, 5.74) is 1.75. The number of carbonyl (C=O) groups excluding carboxylic acids is 1. The molecule has 0 unspecified atom stereocenters. The van der Waals surface area contributed by atoms with Crippen LogP contribution in [0.2, 0.25) is 0 Å². The molecule has 0 atom stereocenters. The molecule has 4 nitrogen and oxygen atoms in total. The van der Waals surface area contributed by atoms with Gasteiger partial charge in [0, 0.05) is 23.5 Å². The van der Waals surface area contributed by atoms with Gasteiger partial charge in [0.2, 0.25) is 5.95 Å². The summed E-state index contributed by atoms with van der Waals surface area (Å²) in [6, 6.07) is 7.81. The number of ether oxygens (including phenoxy) is 1. The normalized spacial score (nSPS) is 10.1. The first-order valence-corrected chi connectivity index (χ1v) is 5.67. The standard InChI is InChI=1S/C14H13FN2O2/c1-9-7-11(3-4-12(9)19-2)17-14(18)10-5-6-16-13(15)8-10/h3-8H,1-2H3,(H,17,18). The van der Waals surface area contributed by atoms with Crippen molar-refractivity contribution in [2.45, 2.75) is 6.92 Å². The average Bonchev–Trinajstić information content (AvgIpc) is 2.39. The lowest BCUT2D eigenvalue weighted by atomic mass is 10.2. The summed E-state index contributed by atoms with van der Waals surface area (Å²) in [7, 11) is 1.58. The number of methoxy groups -OCH3 is 1. The summed E-state index contributed by atoms with van der Waals surface area (Å²) in [6.07, 6.45) is 1.25. The van der Waals surface area contributed by atoms with E-state index in [0.717, 1.165) is 17.4 Å². The first kappa shape index (κ1) is 13.0. The highest BCUT2D eigenvalue weighted by Crippen LogP contribution is 2.21. The Kier molecular flexibility index (Phi) is 3.75. The second kappa shape index (κ2) is 5.48. The van der Waals surface area contributed by atoms with Crippen molar-refractivity contribution in [3.05, 3.63) is 53.6 Å². The minimum Gasteiger partial charge on any atom is -0.496 e. The van der Waals surface area contributed by atoms with Crippen molar-refractivity contribution in [3.8, 4) is 5.75 Å². The van der Waals surface area contributed by atoms with E-state index in [4.69, 9.17) is 4.74 Å². The van der Waals surface area contributed by atoms with Gasteiger partial charge in [0.05, 0.1) is 7.11 Å². The van der Waals surface area contributed by atoms with Crippen LogP contribution in [0.1, 0.15) is 15.9 Å². The summed E-state index contributed by atoms with van der Waals surface area (Å²) in [6.45, 7) is 1.88. The van der Waals surface area contributed by atoms with E-state index in [2.05, 4.69) is 10.3 Å². The molecule has 0 fully saturated rings. The second-order valence-corrected chi connectivity index (χ2v) is 4.01. The molecule has 2 aromatic rings. The fourth-order valence-electron chi connectivity index (χ4n) is 1.70. The van der Waals surface area contributed by atoms with Gasteiger partial charge < -0.3 is 10.1 Å². The number of aryl methyl sites for hydroxylation is 1. The van der Waals surface area contributed by atoms with Crippen LogP contribution in [-0.2, 0) is 0 Å². The summed E-state index contributed by atoms with van der Waals surface area (Å²) >= 11 is 0. The Morgan fingerprint density at radius 2 is 2.11 bits per heavy atom. The molecule has 0 saturated heterocycles. The number of hydrogen-bond donors (Lipinski definition) is 1. The van der Waals surface area contributed by atoms with Gasteiger partial charge >= 0.3 is 0 Å². The van der Waals surface area contributed by atoms with Crippen molar-refractivity contribution in [2.24, 2.45) is 0 Å². The molecule has 1 aromatic heterocycles. The number of carbonyl (C=O) groups is 1. The largest absolute Gasteiger partial charge is 0.496 e. The van der Waals surface area contributed by atoms with Crippen LogP contribution in [0.5, 0.6) is 5.75 Å². The Bertz CT molecular complexity index is 614. The van der Waals surface area contributed by atoms with Gasteiger partial charge in [-0.1, -0.05) is 0 Å². The number of nitrogens with zero attached hydrogens (tertiary/aromatic N) is 1. The number of aromatic nitrogens is 1. The number of halogens is 1. The molecule has 0 aliphatic carbocycles. The molecule has 5 heteroatoms. The highest BCUT2D eigenvalue weighted by molar-refractivity contribution is 6.04. The number of hydrogen-bond acceptors (Lipinski definition) is 3. The van der Waals surface area contributed by atoms with Crippen LogP contribution in [0, 0.1) is 12.9 Å². The molecule has 1 amide bonds. The zero-order valence-corrected chi connectivity index (χ0v) is 10.6. The molecule has 0 saturated carbocycles. The summed E-state index contributed by atoms with van der Waals surface area (Å²) in [4.78, 5) is 15.3. The molecular formula is C14H13FN2O2. The Morgan fingerprint density at radius 1 is 1.32 bits per heavy atom. The van der Waals surface area contributed by atoms with E-state index in [0.29, 0.717) is 5.69 Å². The molecule has 1 N–H and O–H groups in total. The number of nitrogens with one attached hydrogen (secondary N) is 1. The fourth-order valence-corrected chi connectivity index (χ4v) is 1.70. The third kappa shape index (κ3) is 3.07. The highest BCUT2D eigenvalue weighted by atomic mass is 19.1. The maximum absolute atomic E-state index is 12.9. The maximum Gasteiger partial charge on any atom is 0.255 e. The second-order valence-electron chi connectivity index (χ2n) is 4.01. The van der Waals surface area contributed by atoms with Crippen molar-refractivity contribution in [1.29, 1.82) is 0 Å². The van der Waals surface area contributed by atoms with E-state index < -0.39 is 5.95 Å². The van der Waals surface area contributed by atoms with Crippen LogP contribution in [0.3, 0.4) is 0 Å². The molecule has 1 aromatic carbocycles. The van der Waals surface area contributed by atoms with E-state index in [1.165, 1.54) is 12.3 Å². The predicted octanol–water partition coefficient (Wildman–Crippen LogP) is 2.79. The van der Waals surface area contributed by atoms with Crippen LogP contribution in [-0.4, -0.2) is 18.0 Å². The van der Waals surface area contributed by atoms with Gasteiger partial charge in [-0.15, -0.1) is 0 Å². The quantitative estimate of drug-likeness (QED) is 0.863. The lowest BCUT2D eigenvalue weighted by Crippen LogP contribution is -2.12. The molecular weight excluding hydrogens is 247 g/mol. The first-order chi connectivity index (χ1) is 9.10. The van der Waals surface area contributed by atoms with Gasteiger partial charge in [0.1, 0.15) is 5.75 Å². The Balaban J connectivity index is 2.17. The van der Waals surface area contributed by atoms with Crippen LogP contribution >= 0.6 is 0 Å². The zero-order chi connectivity index (χ0) is 13.8. The van der Waals surface area contributed by atoms with E-state index in [1.54, 1.807) is 25.3 Å². The van der Waals surface area contributed by atoms with Gasteiger partial charge in [0.25, 0.3) is 5.91 Å². The van der Waals surface area contributed by atoms with Crippen molar-refractivity contribution in [1.82, 2.24) is 4.98 Å². The number of pyridine rings is 1. The molecule has 98 valence electrons. The van der Waals surface area contributed by atoms with Gasteiger partial charge in [-0.3, -0.25) is 4.79 Å². The minimum atomic E-state index is -0.682. The molecule has 1 heterocycles. The van der Waals surface area contributed by atoms with Crippen LogP contribution in [0.4, 0.5) is 10.1 Å². The van der Waals surface area contributed by atoms with Gasteiger partial charge in [0.15, 0.2) is 0 Å². The van der Waals surface area contributed by atoms with Crippen molar-refractivity contribution >= 4 is 11.6 Å². The molecule has 2 rings (SSSR count). The fraction of sp³-hybridized carbons (Fsp3) is 0.143. The number of anilines is 1. The maximum atomic E-state index is 12.9. The average molecular weight is 260 g/mol. The van der Waals surface area contributed by atoms with E-state index in [-0.39, 0.29) is 11.5 Å². The highest BCUT2D eigenvalue weighted by Gasteiger charge is 2.08. The third-order valence-corrected chi connectivity index (χ3v) is 2.64. The summed E-state index contributed by atoms with van der Waals surface area (Å²) in [5.74, 6) is -0.322. The summed E-state index contributed by atoms with van der Waals surface area (Å²) in [5, 5.41) is 2.69. The molecule has 0 aliphatic heterocycles. The molecule has 0 spiro atoms. The lowest BCUT2D eigenvalue weighted by molar-refractivity contribution is 0.102. The Labute approximate surface area is 110 Å². The third-order valence-electron chi connectivity index (χ3n) is 2.64. The number of amides is 1. The van der Waals surface area contributed by atoms with Gasteiger partial charge in [-0.25, -0.2) is 4.98 Å². The topological polar surface area (TPSA) is 51.2 Å². The minimum absolute atomic E-state index is 0.223. The summed E-state index contributed by atoms with van der Waals surface area (Å²) < 4.78 is 18.1. The molecule has 19 heavy (non-hydrogen) atoms. The van der Waals surface area contributed by atoms with E-state index in [9.17, 15) is 9.18 Å². The van der Waals surface area contributed by atoms with E-state index >= 15 is 0 Å². The smallest absolute Gasteiger partial charge is 0.255 e. The zero-order valence-electron chi connectivity index (χ0n) is 10.6. The van der Waals surface area contributed by atoms with Crippen molar-refractivity contribution in [2.75, 3.05) is 12.4 Å². The molecule has 0 aliphatic rings. The van der Waals surface area contributed by atoms with Crippen molar-refractivity contribution < 1.29 is 13.9 Å². The van der Waals surface area contributed by atoms with E-state index in [1.807, 2.05) is 6.92 Å². The first-order valence-electron chi connectivity index (χ1n) is 5.67. The predicted molar refractivity (Wildman–Crippen MR) is 69.9 cm³/mol. The monoisotopic (exact) mass is 260 g/mol.